The molecule has 0 amide bonds. The van der Waals surface area contributed by atoms with E-state index in [2.05, 4.69) is 12.4 Å². The van der Waals surface area contributed by atoms with Crippen molar-refractivity contribution >= 4 is 0 Å². The second-order valence-corrected chi connectivity index (χ2v) is 3.74. The lowest BCUT2D eigenvalue weighted by Crippen LogP contribution is -2.25. The number of hydroxylamine groups is 1. The average Bonchev–Trinajstić information content (AvgIpc) is 2.07. The number of rotatable bonds is 3. The van der Waals surface area contributed by atoms with Crippen molar-refractivity contribution in [2.24, 2.45) is 11.8 Å². The summed E-state index contributed by atoms with van der Waals surface area (Å²) in [6.07, 6.45) is 6.92. The first kappa shape index (κ1) is 9.01. The summed E-state index contributed by atoms with van der Waals surface area (Å²) >= 11 is 0. The zero-order chi connectivity index (χ0) is 8.10. The van der Waals surface area contributed by atoms with Crippen molar-refractivity contribution in [3.63, 3.8) is 0 Å². The highest BCUT2D eigenvalue weighted by molar-refractivity contribution is 4.71. The van der Waals surface area contributed by atoms with Gasteiger partial charge in [0, 0.05) is 6.54 Å². The molecule has 1 unspecified atom stereocenters. The molecule has 1 atom stereocenters. The van der Waals surface area contributed by atoms with E-state index in [0.29, 0.717) is 5.92 Å². The van der Waals surface area contributed by atoms with Crippen LogP contribution in [0.3, 0.4) is 0 Å². The third kappa shape index (κ3) is 2.80. The van der Waals surface area contributed by atoms with Gasteiger partial charge in [0.05, 0.1) is 0 Å². The van der Waals surface area contributed by atoms with E-state index in [-0.39, 0.29) is 0 Å². The van der Waals surface area contributed by atoms with Crippen LogP contribution in [0.1, 0.15) is 39.0 Å². The van der Waals surface area contributed by atoms with E-state index in [0.717, 1.165) is 12.5 Å². The van der Waals surface area contributed by atoms with Gasteiger partial charge in [0.25, 0.3) is 0 Å². The maximum atomic E-state index is 8.52. The van der Waals surface area contributed by atoms with Crippen LogP contribution in [0, 0.1) is 11.8 Å². The molecule has 0 aromatic rings. The summed E-state index contributed by atoms with van der Waals surface area (Å²) in [4.78, 5) is 0. The van der Waals surface area contributed by atoms with Crippen molar-refractivity contribution in [1.29, 1.82) is 0 Å². The zero-order valence-corrected chi connectivity index (χ0v) is 7.34. The minimum absolute atomic E-state index is 0.639. The molecule has 0 heterocycles. The SMILES string of the molecule is CC(CNO)C1CCCCC1. The van der Waals surface area contributed by atoms with E-state index in [1.165, 1.54) is 32.1 Å². The van der Waals surface area contributed by atoms with Gasteiger partial charge in [-0.05, 0) is 11.8 Å². The molecule has 0 spiro atoms. The van der Waals surface area contributed by atoms with E-state index < -0.39 is 0 Å². The van der Waals surface area contributed by atoms with Crippen LogP contribution in [-0.2, 0) is 0 Å². The van der Waals surface area contributed by atoms with Crippen LogP contribution in [0.2, 0.25) is 0 Å². The van der Waals surface area contributed by atoms with Gasteiger partial charge in [0.15, 0.2) is 0 Å². The van der Waals surface area contributed by atoms with Crippen molar-refractivity contribution in [2.75, 3.05) is 6.54 Å². The molecule has 0 aliphatic heterocycles. The average molecular weight is 157 g/mol. The van der Waals surface area contributed by atoms with Crippen LogP contribution in [0.5, 0.6) is 0 Å². The Balaban J connectivity index is 2.21. The van der Waals surface area contributed by atoms with Gasteiger partial charge in [0.1, 0.15) is 0 Å². The largest absolute Gasteiger partial charge is 0.317 e. The molecule has 2 heteroatoms. The molecule has 1 aliphatic carbocycles. The summed E-state index contributed by atoms with van der Waals surface area (Å²) in [5.41, 5.74) is 2.26. The van der Waals surface area contributed by atoms with Crippen LogP contribution < -0.4 is 5.48 Å². The molecule has 0 saturated heterocycles. The Labute approximate surface area is 69.0 Å². The normalized spacial score (nSPS) is 23.5. The smallest absolute Gasteiger partial charge is 0.0235 e. The summed E-state index contributed by atoms with van der Waals surface area (Å²) in [5, 5.41) is 8.52. The van der Waals surface area contributed by atoms with Gasteiger partial charge in [-0.3, -0.25) is 0 Å². The van der Waals surface area contributed by atoms with E-state index in [1.807, 2.05) is 0 Å². The summed E-state index contributed by atoms with van der Waals surface area (Å²) in [7, 11) is 0. The summed E-state index contributed by atoms with van der Waals surface area (Å²) in [5.74, 6) is 1.49. The molecule has 0 aromatic heterocycles. The number of nitrogens with one attached hydrogen (secondary N) is 1. The van der Waals surface area contributed by atoms with Gasteiger partial charge in [-0.2, -0.15) is 0 Å². The van der Waals surface area contributed by atoms with Crippen LogP contribution in [-0.4, -0.2) is 11.8 Å². The lowest BCUT2D eigenvalue weighted by Gasteiger charge is -2.26. The van der Waals surface area contributed by atoms with E-state index >= 15 is 0 Å². The van der Waals surface area contributed by atoms with Gasteiger partial charge in [-0.15, -0.1) is 0 Å². The molecule has 2 N–H and O–H groups in total. The Morgan fingerprint density at radius 1 is 1.36 bits per heavy atom. The van der Waals surface area contributed by atoms with E-state index in [9.17, 15) is 0 Å². The summed E-state index contributed by atoms with van der Waals surface area (Å²) in [6, 6.07) is 0. The van der Waals surface area contributed by atoms with Crippen LogP contribution in [0.25, 0.3) is 0 Å². The van der Waals surface area contributed by atoms with Crippen molar-refractivity contribution in [1.82, 2.24) is 5.48 Å². The fourth-order valence-corrected chi connectivity index (χ4v) is 2.01. The van der Waals surface area contributed by atoms with Gasteiger partial charge in [0.2, 0.25) is 0 Å². The summed E-state index contributed by atoms with van der Waals surface area (Å²) in [6.45, 7) is 2.98. The Bertz CT molecular complexity index is 99.7. The highest BCUT2D eigenvalue weighted by Gasteiger charge is 2.19. The maximum absolute atomic E-state index is 8.52. The molecule has 11 heavy (non-hydrogen) atoms. The first-order valence-electron chi connectivity index (χ1n) is 4.71. The van der Waals surface area contributed by atoms with Crippen LogP contribution in [0.4, 0.5) is 0 Å². The number of hydrogen-bond acceptors (Lipinski definition) is 2. The fraction of sp³-hybridized carbons (Fsp3) is 1.00. The molecular formula is C9H19NO. The highest BCUT2D eigenvalue weighted by Crippen LogP contribution is 2.29. The first-order valence-corrected chi connectivity index (χ1v) is 4.71. The Hall–Kier alpha value is -0.0800. The number of hydrogen-bond donors (Lipinski definition) is 2. The standard InChI is InChI=1S/C9H19NO/c1-8(7-10-11)9-5-3-2-4-6-9/h8-11H,2-7H2,1H3. The molecule has 0 radical (unpaired) electrons. The molecule has 2 nitrogen and oxygen atoms in total. The molecule has 1 rings (SSSR count). The van der Waals surface area contributed by atoms with E-state index in [1.54, 1.807) is 0 Å². The van der Waals surface area contributed by atoms with Crippen molar-refractivity contribution in [3.05, 3.63) is 0 Å². The first-order chi connectivity index (χ1) is 5.34. The van der Waals surface area contributed by atoms with Gasteiger partial charge in [-0.1, -0.05) is 39.0 Å². The van der Waals surface area contributed by atoms with Crippen molar-refractivity contribution < 1.29 is 5.21 Å². The Morgan fingerprint density at radius 3 is 2.55 bits per heavy atom. The van der Waals surface area contributed by atoms with Crippen LogP contribution >= 0.6 is 0 Å². The minimum atomic E-state index is 0.639. The Morgan fingerprint density at radius 2 is 2.00 bits per heavy atom. The van der Waals surface area contributed by atoms with Crippen molar-refractivity contribution in [3.8, 4) is 0 Å². The Kier molecular flexibility index (Phi) is 3.87. The van der Waals surface area contributed by atoms with Gasteiger partial charge < -0.3 is 5.21 Å². The minimum Gasteiger partial charge on any atom is -0.317 e. The second kappa shape index (κ2) is 4.73. The quantitative estimate of drug-likeness (QED) is 0.615. The molecular weight excluding hydrogens is 138 g/mol. The lowest BCUT2D eigenvalue weighted by molar-refractivity contribution is 0.128. The van der Waals surface area contributed by atoms with Gasteiger partial charge in [-0.25, -0.2) is 5.48 Å². The summed E-state index contributed by atoms with van der Waals surface area (Å²) < 4.78 is 0. The lowest BCUT2D eigenvalue weighted by atomic mass is 9.81. The van der Waals surface area contributed by atoms with Gasteiger partial charge >= 0.3 is 0 Å². The zero-order valence-electron chi connectivity index (χ0n) is 7.34. The van der Waals surface area contributed by atoms with Crippen LogP contribution in [0.15, 0.2) is 0 Å². The predicted molar refractivity (Wildman–Crippen MR) is 45.5 cm³/mol. The molecule has 1 saturated carbocycles. The molecule has 1 fully saturated rings. The third-order valence-electron chi connectivity index (χ3n) is 2.87. The molecule has 0 aromatic carbocycles. The molecule has 1 aliphatic rings. The van der Waals surface area contributed by atoms with Crippen molar-refractivity contribution in [2.45, 2.75) is 39.0 Å². The van der Waals surface area contributed by atoms with E-state index in [4.69, 9.17) is 5.21 Å². The predicted octanol–water partition coefficient (Wildman–Crippen LogP) is 2.18. The fourth-order valence-electron chi connectivity index (χ4n) is 2.01. The maximum Gasteiger partial charge on any atom is 0.0235 e. The highest BCUT2D eigenvalue weighted by atomic mass is 16.5. The molecule has 66 valence electrons. The second-order valence-electron chi connectivity index (χ2n) is 3.74. The topological polar surface area (TPSA) is 32.3 Å². The third-order valence-corrected chi connectivity index (χ3v) is 2.87. The molecule has 0 bridgehead atoms. The monoisotopic (exact) mass is 157 g/mol.